The number of hydrogen-bond donors (Lipinski definition) is 2. The van der Waals surface area contributed by atoms with Crippen molar-refractivity contribution < 1.29 is 23.1 Å². The van der Waals surface area contributed by atoms with Gasteiger partial charge in [-0.2, -0.15) is 13.2 Å². The Hall–Kier alpha value is -2.16. The molecule has 1 atom stereocenters. The van der Waals surface area contributed by atoms with Crippen LogP contribution in [0.4, 0.5) is 18.9 Å². The summed E-state index contributed by atoms with van der Waals surface area (Å²) < 4.78 is 37.8. The van der Waals surface area contributed by atoms with Crippen LogP contribution in [-0.2, 0) is 11.0 Å². The molecular formula is C13H12F3NO2. The first-order chi connectivity index (χ1) is 8.77. The standard InChI is InChI=1S/C13H12F3NO2/c1-2-3-4-9(12(18)19)10-7-8(13(14,15)16)5-6-11(10)17/h1,5-7,9H,3-4,17H2,(H,18,19). The first-order valence-electron chi connectivity index (χ1n) is 5.40. The highest BCUT2D eigenvalue weighted by Gasteiger charge is 2.32. The number of aliphatic carboxylic acids is 1. The van der Waals surface area contributed by atoms with Crippen molar-refractivity contribution in [2.75, 3.05) is 5.73 Å². The lowest BCUT2D eigenvalue weighted by Crippen LogP contribution is -2.15. The van der Waals surface area contributed by atoms with Gasteiger partial charge in [-0.05, 0) is 30.2 Å². The molecule has 3 N–H and O–H groups in total. The molecule has 3 nitrogen and oxygen atoms in total. The fourth-order valence-corrected chi connectivity index (χ4v) is 1.69. The monoisotopic (exact) mass is 271 g/mol. The maximum absolute atomic E-state index is 12.6. The van der Waals surface area contributed by atoms with Crippen LogP contribution in [0, 0.1) is 12.3 Å². The number of rotatable bonds is 4. The number of terminal acetylenes is 1. The van der Waals surface area contributed by atoms with Crippen LogP contribution in [-0.4, -0.2) is 11.1 Å². The maximum Gasteiger partial charge on any atom is 0.416 e. The molecule has 0 amide bonds. The topological polar surface area (TPSA) is 63.3 Å². The highest BCUT2D eigenvalue weighted by molar-refractivity contribution is 5.78. The zero-order valence-corrected chi connectivity index (χ0v) is 9.87. The van der Waals surface area contributed by atoms with Crippen molar-refractivity contribution in [2.45, 2.75) is 24.9 Å². The van der Waals surface area contributed by atoms with Crippen molar-refractivity contribution in [1.82, 2.24) is 0 Å². The fraction of sp³-hybridized carbons (Fsp3) is 0.308. The summed E-state index contributed by atoms with van der Waals surface area (Å²) in [4.78, 5) is 11.1. The zero-order chi connectivity index (χ0) is 14.6. The van der Waals surface area contributed by atoms with Crippen molar-refractivity contribution >= 4 is 11.7 Å². The summed E-state index contributed by atoms with van der Waals surface area (Å²) in [5, 5.41) is 9.07. The van der Waals surface area contributed by atoms with E-state index in [9.17, 15) is 18.0 Å². The molecule has 0 bridgehead atoms. The highest BCUT2D eigenvalue weighted by atomic mass is 19.4. The number of halogens is 3. The number of benzene rings is 1. The van der Waals surface area contributed by atoms with E-state index in [4.69, 9.17) is 17.3 Å². The number of carboxylic acid groups (broad SMARTS) is 1. The molecule has 0 aliphatic rings. The van der Waals surface area contributed by atoms with E-state index >= 15 is 0 Å². The van der Waals surface area contributed by atoms with Crippen LogP contribution in [0.1, 0.15) is 29.9 Å². The Bertz CT molecular complexity index is 518. The quantitative estimate of drug-likeness (QED) is 0.653. The smallest absolute Gasteiger partial charge is 0.416 e. The Labute approximate surface area is 108 Å². The summed E-state index contributed by atoms with van der Waals surface area (Å²) in [6, 6.07) is 2.65. The van der Waals surface area contributed by atoms with E-state index < -0.39 is 23.6 Å². The van der Waals surface area contributed by atoms with Gasteiger partial charge in [0, 0.05) is 12.1 Å². The molecule has 102 valence electrons. The highest BCUT2D eigenvalue weighted by Crippen LogP contribution is 2.34. The normalized spacial score (nSPS) is 12.7. The van der Waals surface area contributed by atoms with Gasteiger partial charge < -0.3 is 10.8 Å². The minimum atomic E-state index is -4.54. The summed E-state index contributed by atoms with van der Waals surface area (Å²) in [7, 11) is 0. The van der Waals surface area contributed by atoms with Crippen molar-refractivity contribution in [2.24, 2.45) is 0 Å². The number of carbonyl (C=O) groups is 1. The summed E-state index contributed by atoms with van der Waals surface area (Å²) in [5.74, 6) is -0.128. The van der Waals surface area contributed by atoms with Gasteiger partial charge in [0.25, 0.3) is 0 Å². The average molecular weight is 271 g/mol. The first-order valence-corrected chi connectivity index (χ1v) is 5.40. The van der Waals surface area contributed by atoms with E-state index in [0.717, 1.165) is 18.2 Å². The van der Waals surface area contributed by atoms with Gasteiger partial charge in [0.1, 0.15) is 0 Å². The van der Waals surface area contributed by atoms with E-state index in [1.54, 1.807) is 0 Å². The Morgan fingerprint density at radius 1 is 1.47 bits per heavy atom. The van der Waals surface area contributed by atoms with E-state index in [1.165, 1.54) is 0 Å². The largest absolute Gasteiger partial charge is 0.481 e. The third-order valence-electron chi connectivity index (χ3n) is 2.66. The van der Waals surface area contributed by atoms with Crippen LogP contribution >= 0.6 is 0 Å². The summed E-state index contributed by atoms with van der Waals surface area (Å²) in [6.45, 7) is 0. The van der Waals surface area contributed by atoms with E-state index in [1.807, 2.05) is 0 Å². The SMILES string of the molecule is C#CCCC(C(=O)O)c1cc(C(F)(F)F)ccc1N. The van der Waals surface area contributed by atoms with Crippen LogP contribution in [0.3, 0.4) is 0 Å². The van der Waals surface area contributed by atoms with Gasteiger partial charge in [0.2, 0.25) is 0 Å². The van der Waals surface area contributed by atoms with Gasteiger partial charge in [-0.25, -0.2) is 0 Å². The fourth-order valence-electron chi connectivity index (χ4n) is 1.69. The number of carboxylic acids is 1. The number of nitrogens with two attached hydrogens (primary N) is 1. The average Bonchev–Trinajstić information content (AvgIpc) is 2.29. The van der Waals surface area contributed by atoms with E-state index in [0.29, 0.717) is 0 Å². The lowest BCUT2D eigenvalue weighted by molar-refractivity contribution is -0.140. The summed E-state index contributed by atoms with van der Waals surface area (Å²) in [5.41, 5.74) is 4.59. The van der Waals surface area contributed by atoms with Crippen molar-refractivity contribution in [3.05, 3.63) is 29.3 Å². The second-order valence-corrected chi connectivity index (χ2v) is 3.98. The third kappa shape index (κ3) is 3.65. The second-order valence-electron chi connectivity index (χ2n) is 3.98. The van der Waals surface area contributed by atoms with Crippen molar-refractivity contribution in [3.63, 3.8) is 0 Å². The third-order valence-corrected chi connectivity index (χ3v) is 2.66. The lowest BCUT2D eigenvalue weighted by Gasteiger charge is -2.16. The van der Waals surface area contributed by atoms with Gasteiger partial charge in [-0.15, -0.1) is 12.3 Å². The van der Waals surface area contributed by atoms with Crippen LogP contribution < -0.4 is 5.73 Å². The van der Waals surface area contributed by atoms with Crippen molar-refractivity contribution in [1.29, 1.82) is 0 Å². The number of hydrogen-bond acceptors (Lipinski definition) is 2. The predicted octanol–water partition coefficient (Wildman–Crippen LogP) is 2.87. The van der Waals surface area contributed by atoms with Gasteiger partial charge in [0.05, 0.1) is 11.5 Å². The minimum absolute atomic E-state index is 0.0115. The molecular weight excluding hydrogens is 259 g/mol. The molecule has 1 aromatic rings. The Kier molecular flexibility index (Phi) is 4.43. The Balaban J connectivity index is 3.22. The molecule has 1 aromatic carbocycles. The van der Waals surface area contributed by atoms with Crippen LogP contribution in [0.15, 0.2) is 18.2 Å². The molecule has 19 heavy (non-hydrogen) atoms. The number of anilines is 1. The summed E-state index contributed by atoms with van der Waals surface area (Å²) >= 11 is 0. The molecule has 0 spiro atoms. The van der Waals surface area contributed by atoms with Gasteiger partial charge >= 0.3 is 12.1 Å². The van der Waals surface area contributed by atoms with Gasteiger partial charge in [-0.1, -0.05) is 0 Å². The molecule has 0 saturated heterocycles. The number of alkyl halides is 3. The van der Waals surface area contributed by atoms with Gasteiger partial charge in [-0.3, -0.25) is 4.79 Å². The molecule has 0 aliphatic carbocycles. The molecule has 0 saturated carbocycles. The zero-order valence-electron chi connectivity index (χ0n) is 9.87. The van der Waals surface area contributed by atoms with Gasteiger partial charge in [0.15, 0.2) is 0 Å². The molecule has 0 radical (unpaired) electrons. The second kappa shape index (κ2) is 5.65. The molecule has 0 fully saturated rings. The molecule has 0 heterocycles. The molecule has 0 aliphatic heterocycles. The predicted molar refractivity (Wildman–Crippen MR) is 64.3 cm³/mol. The molecule has 1 unspecified atom stereocenters. The van der Waals surface area contributed by atoms with Crippen LogP contribution in [0.2, 0.25) is 0 Å². The van der Waals surface area contributed by atoms with E-state index in [-0.39, 0.29) is 24.1 Å². The molecule has 6 heteroatoms. The minimum Gasteiger partial charge on any atom is -0.481 e. The van der Waals surface area contributed by atoms with Crippen molar-refractivity contribution in [3.8, 4) is 12.3 Å². The first kappa shape index (κ1) is 14.9. The molecule has 0 aromatic heterocycles. The van der Waals surface area contributed by atoms with Crippen LogP contribution in [0.5, 0.6) is 0 Å². The van der Waals surface area contributed by atoms with E-state index in [2.05, 4.69) is 5.92 Å². The Morgan fingerprint density at radius 2 is 2.11 bits per heavy atom. The maximum atomic E-state index is 12.6. The summed E-state index contributed by atoms with van der Waals surface area (Å²) in [6.07, 6.45) is 0.679. The Morgan fingerprint density at radius 3 is 2.58 bits per heavy atom. The number of nitrogen functional groups attached to an aromatic ring is 1. The molecule has 1 rings (SSSR count). The lowest BCUT2D eigenvalue weighted by atomic mass is 9.91. The van der Waals surface area contributed by atoms with Crippen LogP contribution in [0.25, 0.3) is 0 Å².